The van der Waals surface area contributed by atoms with Gasteiger partial charge in [0, 0.05) is 11.6 Å². The number of carboxylic acid groups (broad SMARTS) is 1. The molecular weight excluding hydrogens is 532 g/mol. The summed E-state index contributed by atoms with van der Waals surface area (Å²) in [5.74, 6) is -0.855. The van der Waals surface area contributed by atoms with Gasteiger partial charge >= 0.3 is 11.7 Å². The maximum absolute atomic E-state index is 13.5. The predicted octanol–water partition coefficient (Wildman–Crippen LogP) is 4.73. The van der Waals surface area contributed by atoms with E-state index < -0.39 is 34.5 Å². The van der Waals surface area contributed by atoms with Gasteiger partial charge in [0.2, 0.25) is 11.6 Å². The van der Waals surface area contributed by atoms with Crippen LogP contribution in [0.4, 0.5) is 5.69 Å². The van der Waals surface area contributed by atoms with Gasteiger partial charge in [-0.15, -0.1) is 0 Å². The molecule has 3 aromatic carbocycles. The zero-order valence-corrected chi connectivity index (χ0v) is 20.8. The van der Waals surface area contributed by atoms with Crippen LogP contribution >= 0.6 is 11.6 Å². The lowest BCUT2D eigenvalue weighted by Gasteiger charge is -2.08. The van der Waals surface area contributed by atoms with Crippen LogP contribution in [0, 0.1) is 10.1 Å². The van der Waals surface area contributed by atoms with E-state index in [1.165, 1.54) is 19.4 Å². The van der Waals surface area contributed by atoms with E-state index in [4.69, 9.17) is 30.6 Å². The number of halogens is 1. The van der Waals surface area contributed by atoms with Gasteiger partial charge in [-0.25, -0.2) is 9.78 Å². The van der Waals surface area contributed by atoms with Gasteiger partial charge in [-0.3, -0.25) is 14.9 Å². The average Bonchev–Trinajstić information content (AvgIpc) is 3.36. The number of benzene rings is 3. The Morgan fingerprint density at radius 3 is 2.74 bits per heavy atom. The molecular formula is C26H17ClN4O8. The molecule has 0 spiro atoms. The van der Waals surface area contributed by atoms with Crippen molar-refractivity contribution in [2.75, 3.05) is 13.7 Å². The fraction of sp³-hybridized carbons (Fsp3) is 0.0769. The van der Waals surface area contributed by atoms with Gasteiger partial charge in [0.15, 0.2) is 12.4 Å². The van der Waals surface area contributed by atoms with Crippen LogP contribution < -0.4 is 15.0 Å². The first-order valence-corrected chi connectivity index (χ1v) is 11.6. The Morgan fingerprint density at radius 1 is 1.21 bits per heavy atom. The van der Waals surface area contributed by atoms with E-state index in [1.54, 1.807) is 48.5 Å². The Hall–Kier alpha value is -5.23. The second kappa shape index (κ2) is 10.3. The summed E-state index contributed by atoms with van der Waals surface area (Å²) in [6.07, 6.45) is 1.18. The second-order valence-corrected chi connectivity index (χ2v) is 8.49. The molecule has 39 heavy (non-hydrogen) atoms. The van der Waals surface area contributed by atoms with Crippen molar-refractivity contribution >= 4 is 51.3 Å². The minimum Gasteiger partial charge on any atom is -0.496 e. The van der Waals surface area contributed by atoms with Crippen LogP contribution in [0.3, 0.4) is 0 Å². The molecule has 2 aromatic heterocycles. The summed E-state index contributed by atoms with van der Waals surface area (Å²) in [5, 5.41) is 25.5. The number of ether oxygens (including phenoxy) is 2. The van der Waals surface area contributed by atoms with Gasteiger partial charge < -0.3 is 19.0 Å². The van der Waals surface area contributed by atoms with Crippen LogP contribution in [0.25, 0.3) is 33.5 Å². The number of methoxy groups -OCH3 is 1. The Labute approximate surface area is 223 Å². The third kappa shape index (κ3) is 4.88. The number of hydrogen-bond donors (Lipinski definition) is 1. The van der Waals surface area contributed by atoms with Crippen molar-refractivity contribution in [3.63, 3.8) is 0 Å². The number of aromatic nitrogens is 2. The number of carboxylic acids is 1. The normalized spacial score (nSPS) is 11.3. The molecule has 0 aliphatic carbocycles. The number of rotatable bonds is 8. The highest BCUT2D eigenvalue weighted by molar-refractivity contribution is 6.32. The summed E-state index contributed by atoms with van der Waals surface area (Å²) in [4.78, 5) is 39.7. The number of para-hydroxylation sites is 1. The molecule has 12 nitrogen and oxygen atoms in total. The standard InChI is InChI=1S/C26H17ClN4O8/c1-37-20-7-4-8-21-16(20)11-22(39-21)25-29-18-6-3-2-5-15(18)26(34)30(25)28-12-14-9-17(27)24(38-13-23(32)33)19(10-14)31(35)36/h2-12H,13H2,1H3,(H,32,33). The molecule has 0 bridgehead atoms. The van der Waals surface area contributed by atoms with Crippen LogP contribution in [0.15, 0.2) is 75.0 Å². The SMILES string of the molecule is COc1cccc2oc(-c3nc4ccccc4c(=O)n3N=Cc3cc(Cl)c(OCC(=O)O)c([N+](=O)[O-])c3)cc12. The van der Waals surface area contributed by atoms with Crippen molar-refractivity contribution in [3.8, 4) is 23.1 Å². The maximum Gasteiger partial charge on any atom is 0.341 e. The Kier molecular flexibility index (Phi) is 6.69. The highest BCUT2D eigenvalue weighted by atomic mass is 35.5. The second-order valence-electron chi connectivity index (χ2n) is 8.09. The van der Waals surface area contributed by atoms with Crippen LogP contribution in [-0.2, 0) is 4.79 Å². The first kappa shape index (κ1) is 25.4. The molecule has 13 heteroatoms. The van der Waals surface area contributed by atoms with Crippen molar-refractivity contribution in [3.05, 3.63) is 91.7 Å². The first-order chi connectivity index (χ1) is 18.8. The number of aliphatic carboxylic acids is 1. The zero-order valence-electron chi connectivity index (χ0n) is 20.0. The summed E-state index contributed by atoms with van der Waals surface area (Å²) in [5.41, 5.74) is -0.0247. The Bertz CT molecular complexity index is 1860. The number of hydrogen-bond acceptors (Lipinski definition) is 9. The Balaban J connectivity index is 1.66. The third-order valence-electron chi connectivity index (χ3n) is 5.62. The Morgan fingerprint density at radius 2 is 2.00 bits per heavy atom. The summed E-state index contributed by atoms with van der Waals surface area (Å²) < 4.78 is 17.4. The van der Waals surface area contributed by atoms with E-state index in [2.05, 4.69) is 10.1 Å². The van der Waals surface area contributed by atoms with E-state index in [1.807, 2.05) is 0 Å². The van der Waals surface area contributed by atoms with E-state index in [-0.39, 0.29) is 27.6 Å². The highest BCUT2D eigenvalue weighted by Gasteiger charge is 2.22. The van der Waals surface area contributed by atoms with Crippen LogP contribution in [0.5, 0.6) is 11.5 Å². The zero-order chi connectivity index (χ0) is 27.7. The third-order valence-corrected chi connectivity index (χ3v) is 5.90. The molecule has 0 fully saturated rings. The van der Waals surface area contributed by atoms with Crippen molar-refractivity contribution in [2.45, 2.75) is 0 Å². The van der Waals surface area contributed by atoms with Crippen molar-refractivity contribution in [1.82, 2.24) is 9.66 Å². The van der Waals surface area contributed by atoms with Gasteiger partial charge in [0.25, 0.3) is 5.56 Å². The summed E-state index contributed by atoms with van der Waals surface area (Å²) in [7, 11) is 1.53. The molecule has 0 aliphatic rings. The molecule has 2 heterocycles. The number of nitrogens with zero attached hydrogens (tertiary/aromatic N) is 4. The number of fused-ring (bicyclic) bond motifs is 2. The molecule has 5 rings (SSSR count). The quantitative estimate of drug-likeness (QED) is 0.164. The fourth-order valence-corrected chi connectivity index (χ4v) is 4.20. The average molecular weight is 549 g/mol. The van der Waals surface area contributed by atoms with Gasteiger partial charge in [-0.05, 0) is 36.4 Å². The lowest BCUT2D eigenvalue weighted by Crippen LogP contribution is -2.20. The van der Waals surface area contributed by atoms with Crippen LogP contribution in [0.2, 0.25) is 5.02 Å². The van der Waals surface area contributed by atoms with Gasteiger partial charge in [0.1, 0.15) is 11.3 Å². The van der Waals surface area contributed by atoms with Gasteiger partial charge in [0.05, 0.1) is 39.6 Å². The molecule has 0 aliphatic heterocycles. The van der Waals surface area contributed by atoms with Crippen molar-refractivity contribution in [1.29, 1.82) is 0 Å². The first-order valence-electron chi connectivity index (χ1n) is 11.2. The molecule has 0 saturated heterocycles. The molecule has 196 valence electrons. The van der Waals surface area contributed by atoms with E-state index in [0.717, 1.165) is 10.7 Å². The van der Waals surface area contributed by atoms with Crippen molar-refractivity contribution < 1.29 is 28.7 Å². The highest BCUT2D eigenvalue weighted by Crippen LogP contribution is 2.36. The molecule has 0 atom stereocenters. The van der Waals surface area contributed by atoms with Crippen LogP contribution in [-0.4, -0.2) is 45.6 Å². The number of nitro groups is 1. The fourth-order valence-electron chi connectivity index (χ4n) is 3.92. The van der Waals surface area contributed by atoms with E-state index >= 15 is 0 Å². The van der Waals surface area contributed by atoms with Crippen molar-refractivity contribution in [2.24, 2.45) is 5.10 Å². The minimum absolute atomic E-state index is 0.0789. The molecule has 5 aromatic rings. The number of nitro benzene ring substituents is 1. The summed E-state index contributed by atoms with van der Waals surface area (Å²) >= 11 is 6.16. The van der Waals surface area contributed by atoms with E-state index in [9.17, 15) is 19.7 Å². The van der Waals surface area contributed by atoms with Gasteiger partial charge in [-0.2, -0.15) is 9.78 Å². The molecule has 0 saturated carbocycles. The molecule has 0 unspecified atom stereocenters. The lowest BCUT2D eigenvalue weighted by molar-refractivity contribution is -0.385. The number of carbonyl (C=O) groups is 1. The molecule has 1 N–H and O–H groups in total. The topological polar surface area (TPSA) is 159 Å². The maximum atomic E-state index is 13.5. The predicted molar refractivity (Wildman–Crippen MR) is 142 cm³/mol. The van der Waals surface area contributed by atoms with Crippen LogP contribution in [0.1, 0.15) is 5.56 Å². The lowest BCUT2D eigenvalue weighted by atomic mass is 10.2. The number of furan rings is 1. The largest absolute Gasteiger partial charge is 0.496 e. The van der Waals surface area contributed by atoms with Gasteiger partial charge in [-0.1, -0.05) is 29.8 Å². The summed E-state index contributed by atoms with van der Waals surface area (Å²) in [6.45, 7) is -0.822. The molecule has 0 radical (unpaired) electrons. The monoisotopic (exact) mass is 548 g/mol. The summed E-state index contributed by atoms with van der Waals surface area (Å²) in [6, 6.07) is 16.0. The van der Waals surface area contributed by atoms with E-state index in [0.29, 0.717) is 22.2 Å². The minimum atomic E-state index is -1.33. The molecule has 0 amide bonds. The smallest absolute Gasteiger partial charge is 0.341 e.